The maximum atomic E-state index is 8.97. The fourth-order valence-corrected chi connectivity index (χ4v) is 3.79. The van der Waals surface area contributed by atoms with Crippen molar-refractivity contribution < 1.29 is 4.74 Å². The summed E-state index contributed by atoms with van der Waals surface area (Å²) in [6.07, 6.45) is 3.85. The zero-order chi connectivity index (χ0) is 17.1. The van der Waals surface area contributed by atoms with Gasteiger partial charge in [0.1, 0.15) is 17.6 Å². The van der Waals surface area contributed by atoms with E-state index in [1.165, 1.54) is 0 Å². The van der Waals surface area contributed by atoms with Gasteiger partial charge in [-0.05, 0) is 30.7 Å². The molecule has 1 spiro atoms. The molecule has 2 fully saturated rings. The van der Waals surface area contributed by atoms with Gasteiger partial charge in [0.25, 0.3) is 0 Å². The topological polar surface area (TPSA) is 74.1 Å². The third-order valence-corrected chi connectivity index (χ3v) is 4.93. The fourth-order valence-electron chi connectivity index (χ4n) is 3.79. The molecule has 2 unspecified atom stereocenters. The quantitative estimate of drug-likeness (QED) is 0.923. The molecule has 4 heterocycles. The summed E-state index contributed by atoms with van der Waals surface area (Å²) in [6, 6.07) is 13.8. The van der Waals surface area contributed by atoms with Crippen LogP contribution >= 0.6 is 0 Å². The molecule has 2 aliphatic heterocycles. The van der Waals surface area contributed by atoms with Crippen molar-refractivity contribution >= 4 is 5.82 Å². The van der Waals surface area contributed by atoms with Crippen LogP contribution in [0.15, 0.2) is 42.6 Å². The second-order valence-corrected chi connectivity index (χ2v) is 6.84. The lowest BCUT2D eigenvalue weighted by Gasteiger charge is -2.23. The largest absolute Gasteiger partial charge is 0.371 e. The van der Waals surface area contributed by atoms with E-state index in [-0.39, 0.29) is 11.6 Å². The van der Waals surface area contributed by atoms with Gasteiger partial charge in [0.15, 0.2) is 0 Å². The maximum Gasteiger partial charge on any atom is 0.142 e. The first kappa shape index (κ1) is 16.0. The van der Waals surface area contributed by atoms with Crippen molar-refractivity contribution in [2.24, 2.45) is 0 Å². The SMILES string of the molecule is N#Cc1cccc(NC2COC3(CCN(Cc4ccccn4)C3)C2)n1. The number of hydrogen-bond acceptors (Lipinski definition) is 6. The summed E-state index contributed by atoms with van der Waals surface area (Å²) in [5.74, 6) is 0.744. The minimum atomic E-state index is -0.0702. The van der Waals surface area contributed by atoms with Crippen molar-refractivity contribution in [2.45, 2.75) is 31.0 Å². The van der Waals surface area contributed by atoms with Crippen LogP contribution in [-0.2, 0) is 11.3 Å². The predicted molar refractivity (Wildman–Crippen MR) is 93.8 cm³/mol. The summed E-state index contributed by atoms with van der Waals surface area (Å²) in [4.78, 5) is 11.1. The normalized spacial score (nSPS) is 26.0. The highest BCUT2D eigenvalue weighted by atomic mass is 16.5. The lowest BCUT2D eigenvalue weighted by atomic mass is 9.97. The minimum Gasteiger partial charge on any atom is -0.371 e. The Hall–Kier alpha value is -2.49. The van der Waals surface area contributed by atoms with E-state index in [0.717, 1.165) is 44.0 Å². The van der Waals surface area contributed by atoms with Gasteiger partial charge in [-0.15, -0.1) is 0 Å². The van der Waals surface area contributed by atoms with E-state index in [1.54, 1.807) is 6.07 Å². The Morgan fingerprint density at radius 2 is 2.28 bits per heavy atom. The Balaban J connectivity index is 1.35. The highest BCUT2D eigenvalue weighted by Gasteiger charge is 2.45. The molecule has 0 radical (unpaired) electrons. The number of ether oxygens (including phenoxy) is 1. The number of hydrogen-bond donors (Lipinski definition) is 1. The number of pyridine rings is 2. The first-order valence-electron chi connectivity index (χ1n) is 8.65. The molecule has 2 saturated heterocycles. The second-order valence-electron chi connectivity index (χ2n) is 6.84. The zero-order valence-electron chi connectivity index (χ0n) is 14.1. The van der Waals surface area contributed by atoms with E-state index >= 15 is 0 Å². The van der Waals surface area contributed by atoms with Crippen LogP contribution in [0.5, 0.6) is 0 Å². The van der Waals surface area contributed by atoms with Crippen molar-refractivity contribution in [3.63, 3.8) is 0 Å². The highest BCUT2D eigenvalue weighted by Crippen LogP contribution is 2.36. The molecule has 2 atom stereocenters. The summed E-state index contributed by atoms with van der Waals surface area (Å²) in [5.41, 5.74) is 1.46. The predicted octanol–water partition coefficient (Wildman–Crippen LogP) is 2.19. The molecule has 6 nitrogen and oxygen atoms in total. The van der Waals surface area contributed by atoms with Crippen LogP contribution in [-0.4, -0.2) is 46.2 Å². The number of rotatable bonds is 4. The minimum absolute atomic E-state index is 0.0702. The van der Waals surface area contributed by atoms with Crippen LogP contribution in [0.2, 0.25) is 0 Å². The molecule has 2 aromatic heterocycles. The van der Waals surface area contributed by atoms with Gasteiger partial charge in [-0.25, -0.2) is 4.98 Å². The molecular formula is C19H21N5O. The molecule has 0 saturated carbocycles. The van der Waals surface area contributed by atoms with E-state index in [9.17, 15) is 0 Å². The number of nitriles is 1. The Labute approximate surface area is 147 Å². The lowest BCUT2D eigenvalue weighted by Crippen LogP contribution is -2.33. The Morgan fingerprint density at radius 3 is 3.12 bits per heavy atom. The van der Waals surface area contributed by atoms with Crippen LogP contribution in [0.4, 0.5) is 5.82 Å². The van der Waals surface area contributed by atoms with E-state index in [1.807, 2.05) is 30.5 Å². The third-order valence-electron chi connectivity index (χ3n) is 4.93. The molecule has 128 valence electrons. The van der Waals surface area contributed by atoms with Crippen molar-refractivity contribution in [3.05, 3.63) is 54.0 Å². The van der Waals surface area contributed by atoms with Gasteiger partial charge in [-0.2, -0.15) is 5.26 Å². The number of nitrogens with one attached hydrogen (secondary N) is 1. The van der Waals surface area contributed by atoms with Crippen LogP contribution in [0, 0.1) is 11.3 Å². The smallest absolute Gasteiger partial charge is 0.142 e. The van der Waals surface area contributed by atoms with Crippen molar-refractivity contribution in [1.82, 2.24) is 14.9 Å². The Kier molecular flexibility index (Phi) is 4.35. The monoisotopic (exact) mass is 335 g/mol. The van der Waals surface area contributed by atoms with Crippen molar-refractivity contribution in [3.8, 4) is 6.07 Å². The molecule has 6 heteroatoms. The lowest BCUT2D eigenvalue weighted by molar-refractivity contribution is 0.0119. The standard InChI is InChI=1S/C19H21N5O/c20-11-15-5-3-6-18(22-15)23-17-10-19(25-13-17)7-9-24(14-19)12-16-4-1-2-8-21-16/h1-6,8,17H,7,9-10,12-14H2,(H,22,23). The summed E-state index contributed by atoms with van der Waals surface area (Å²) in [5, 5.41) is 12.4. The molecular weight excluding hydrogens is 314 g/mol. The number of nitrogens with zero attached hydrogens (tertiary/aromatic N) is 4. The molecule has 4 rings (SSSR count). The van der Waals surface area contributed by atoms with Crippen molar-refractivity contribution in [2.75, 3.05) is 25.0 Å². The summed E-state index contributed by atoms with van der Waals surface area (Å²) < 4.78 is 6.19. The molecule has 0 aliphatic carbocycles. The zero-order valence-corrected chi connectivity index (χ0v) is 14.1. The van der Waals surface area contributed by atoms with Gasteiger partial charge in [0.05, 0.1) is 23.9 Å². The van der Waals surface area contributed by atoms with E-state index in [0.29, 0.717) is 12.3 Å². The third kappa shape index (κ3) is 3.63. The van der Waals surface area contributed by atoms with Gasteiger partial charge >= 0.3 is 0 Å². The molecule has 2 aromatic rings. The van der Waals surface area contributed by atoms with Gasteiger partial charge in [0.2, 0.25) is 0 Å². The van der Waals surface area contributed by atoms with Crippen LogP contribution in [0.1, 0.15) is 24.2 Å². The molecule has 25 heavy (non-hydrogen) atoms. The Morgan fingerprint density at radius 1 is 1.32 bits per heavy atom. The van der Waals surface area contributed by atoms with E-state index < -0.39 is 0 Å². The average molecular weight is 335 g/mol. The maximum absolute atomic E-state index is 8.97. The molecule has 1 N–H and O–H groups in total. The number of anilines is 1. The van der Waals surface area contributed by atoms with Gasteiger partial charge < -0.3 is 10.1 Å². The molecule has 0 bridgehead atoms. The molecule has 0 amide bonds. The van der Waals surface area contributed by atoms with Crippen molar-refractivity contribution in [1.29, 1.82) is 5.26 Å². The van der Waals surface area contributed by atoms with Crippen LogP contribution in [0.25, 0.3) is 0 Å². The average Bonchev–Trinajstić information content (AvgIpc) is 3.22. The van der Waals surface area contributed by atoms with Gasteiger partial charge in [-0.3, -0.25) is 9.88 Å². The summed E-state index contributed by atoms with van der Waals surface area (Å²) in [6.45, 7) is 3.52. The Bertz CT molecular complexity index is 775. The molecule has 2 aliphatic rings. The van der Waals surface area contributed by atoms with Crippen LogP contribution in [0.3, 0.4) is 0 Å². The second kappa shape index (κ2) is 6.79. The summed E-state index contributed by atoms with van der Waals surface area (Å²) in [7, 11) is 0. The van der Waals surface area contributed by atoms with Gasteiger partial charge in [-0.1, -0.05) is 12.1 Å². The first-order chi connectivity index (χ1) is 12.2. The van der Waals surface area contributed by atoms with E-state index in [4.69, 9.17) is 10.00 Å². The molecule has 0 aromatic carbocycles. The van der Waals surface area contributed by atoms with Gasteiger partial charge in [0, 0.05) is 32.3 Å². The van der Waals surface area contributed by atoms with Crippen LogP contribution < -0.4 is 5.32 Å². The summed E-state index contributed by atoms with van der Waals surface area (Å²) >= 11 is 0. The number of likely N-dealkylation sites (tertiary alicyclic amines) is 1. The highest BCUT2D eigenvalue weighted by molar-refractivity contribution is 5.39. The number of aromatic nitrogens is 2. The fraction of sp³-hybridized carbons (Fsp3) is 0.421. The van der Waals surface area contributed by atoms with E-state index in [2.05, 4.69) is 32.3 Å². The first-order valence-corrected chi connectivity index (χ1v) is 8.65.